The summed E-state index contributed by atoms with van der Waals surface area (Å²) in [6.45, 7) is 1.50. The van der Waals surface area contributed by atoms with E-state index in [4.69, 9.17) is 9.84 Å². The van der Waals surface area contributed by atoms with Crippen LogP contribution in [0.15, 0.2) is 0 Å². The maximum atomic E-state index is 12.2. The molecule has 25 heavy (non-hydrogen) atoms. The second-order valence-electron chi connectivity index (χ2n) is 6.96. The van der Waals surface area contributed by atoms with Crippen LogP contribution in [-0.2, 0) is 9.53 Å². The van der Waals surface area contributed by atoms with Crippen LogP contribution in [-0.4, -0.2) is 68.1 Å². The zero-order valence-corrected chi connectivity index (χ0v) is 15.1. The maximum absolute atomic E-state index is 12.2. The van der Waals surface area contributed by atoms with Crippen LogP contribution in [0.25, 0.3) is 0 Å². The van der Waals surface area contributed by atoms with E-state index in [1.165, 1.54) is 32.1 Å². The largest absolute Gasteiger partial charge is 0.394 e. The first-order chi connectivity index (χ1) is 11.9. The highest BCUT2D eigenvalue weighted by Gasteiger charge is 2.56. The second-order valence-corrected chi connectivity index (χ2v) is 6.96. The fourth-order valence-electron chi connectivity index (χ4n) is 3.16. The van der Waals surface area contributed by atoms with Gasteiger partial charge in [-0.2, -0.15) is 0 Å². The molecule has 7 heteroatoms. The van der Waals surface area contributed by atoms with Crippen molar-refractivity contribution >= 4 is 5.78 Å². The number of Topliss-reactive ketones (excluding diaryl/α,β-unsaturated/α-hetero) is 1. The van der Waals surface area contributed by atoms with Gasteiger partial charge in [-0.15, -0.1) is 0 Å². The van der Waals surface area contributed by atoms with Gasteiger partial charge in [0.05, 0.1) is 6.61 Å². The molecule has 5 atom stereocenters. The van der Waals surface area contributed by atoms with Gasteiger partial charge in [-0.1, -0.05) is 58.3 Å². The zero-order chi connectivity index (χ0) is 18.9. The van der Waals surface area contributed by atoms with Gasteiger partial charge >= 0.3 is 0 Å². The van der Waals surface area contributed by atoms with E-state index in [1.807, 2.05) is 0 Å². The fourth-order valence-corrected chi connectivity index (χ4v) is 3.16. The van der Waals surface area contributed by atoms with Crippen LogP contribution in [0.4, 0.5) is 0 Å². The Morgan fingerprint density at radius 3 is 1.96 bits per heavy atom. The summed E-state index contributed by atoms with van der Waals surface area (Å²) in [6.07, 6.45) is 3.07. The number of rotatable bonds is 12. The summed E-state index contributed by atoms with van der Waals surface area (Å²) >= 11 is 0. The molecular weight excluding hydrogens is 328 g/mol. The van der Waals surface area contributed by atoms with E-state index >= 15 is 0 Å². The van der Waals surface area contributed by atoms with Gasteiger partial charge in [0.25, 0.3) is 5.79 Å². The van der Waals surface area contributed by atoms with E-state index in [9.17, 15) is 25.2 Å². The topological polar surface area (TPSA) is 127 Å². The summed E-state index contributed by atoms with van der Waals surface area (Å²) in [7, 11) is 0. The average Bonchev–Trinajstić information content (AvgIpc) is 2.61. The van der Waals surface area contributed by atoms with E-state index < -0.39 is 42.6 Å². The van der Waals surface area contributed by atoms with Crippen molar-refractivity contribution in [3.05, 3.63) is 0 Å². The van der Waals surface area contributed by atoms with Crippen LogP contribution in [0.2, 0.25) is 0 Å². The molecule has 1 aliphatic rings. The van der Waals surface area contributed by atoms with Crippen LogP contribution in [0.1, 0.15) is 71.1 Å². The summed E-state index contributed by atoms with van der Waals surface area (Å²) in [5.41, 5.74) is 0. The monoisotopic (exact) mass is 362 g/mol. The molecule has 0 aromatic heterocycles. The highest BCUT2D eigenvalue weighted by molar-refractivity contribution is 5.86. The molecule has 0 radical (unpaired) electrons. The van der Waals surface area contributed by atoms with Crippen molar-refractivity contribution in [2.24, 2.45) is 0 Å². The molecule has 5 N–H and O–H groups in total. The van der Waals surface area contributed by atoms with Crippen LogP contribution >= 0.6 is 0 Å². The number of ether oxygens (including phenoxy) is 1. The fraction of sp³-hybridized carbons (Fsp3) is 0.944. The zero-order valence-electron chi connectivity index (χ0n) is 15.1. The number of carbonyl (C=O) groups excluding carboxylic acids is 1. The van der Waals surface area contributed by atoms with Gasteiger partial charge in [-0.25, -0.2) is 0 Å². The quantitative estimate of drug-likeness (QED) is 0.322. The lowest BCUT2D eigenvalue weighted by atomic mass is 9.88. The molecule has 0 aromatic carbocycles. The van der Waals surface area contributed by atoms with Gasteiger partial charge in [-0.05, 0) is 6.42 Å². The first kappa shape index (κ1) is 22.5. The van der Waals surface area contributed by atoms with Gasteiger partial charge in [0.15, 0.2) is 5.78 Å². The third-order valence-corrected chi connectivity index (χ3v) is 4.87. The predicted octanol–water partition coefficient (Wildman–Crippen LogP) is 0.639. The Hall–Kier alpha value is -0.570. The van der Waals surface area contributed by atoms with Crippen LogP contribution < -0.4 is 0 Å². The SMILES string of the molecule is CCCCCCCCCCCC(=O)[C@@]1(O)O[C@H](CO)[C@H](O)[C@H](O)[C@H]1O. The van der Waals surface area contributed by atoms with Crippen molar-refractivity contribution in [1.29, 1.82) is 0 Å². The van der Waals surface area contributed by atoms with Crippen LogP contribution in [0.5, 0.6) is 0 Å². The normalized spacial score (nSPS) is 32.7. The van der Waals surface area contributed by atoms with Gasteiger partial charge < -0.3 is 30.3 Å². The first-order valence-electron chi connectivity index (χ1n) is 9.47. The van der Waals surface area contributed by atoms with Crippen molar-refractivity contribution in [2.45, 2.75) is 101 Å². The molecule has 1 rings (SSSR count). The van der Waals surface area contributed by atoms with Gasteiger partial charge in [0.1, 0.15) is 24.4 Å². The maximum Gasteiger partial charge on any atom is 0.256 e. The average molecular weight is 362 g/mol. The molecule has 0 unspecified atom stereocenters. The minimum atomic E-state index is -2.59. The number of unbranched alkanes of at least 4 members (excludes halogenated alkanes) is 8. The van der Waals surface area contributed by atoms with Gasteiger partial charge in [-0.3, -0.25) is 4.79 Å². The standard InChI is InChI=1S/C18H34O7/c1-2-3-4-5-6-7-8-9-10-11-14(20)18(24)17(23)16(22)15(21)13(12-19)25-18/h13,15-17,19,21-24H,2-12H2,1H3/t13-,15+,16+,17-,18-/m1/s1. The molecule has 0 bridgehead atoms. The molecule has 1 saturated heterocycles. The Kier molecular flexibility index (Phi) is 10.1. The Morgan fingerprint density at radius 2 is 1.44 bits per heavy atom. The summed E-state index contributed by atoms with van der Waals surface area (Å²) in [4.78, 5) is 12.2. The number of ketones is 1. The van der Waals surface area contributed by atoms with E-state index in [2.05, 4.69) is 6.92 Å². The lowest BCUT2D eigenvalue weighted by Gasteiger charge is -2.44. The number of carbonyl (C=O) groups is 1. The molecule has 0 saturated carbocycles. The number of aliphatic hydroxyl groups is 5. The number of hydrogen-bond donors (Lipinski definition) is 5. The van der Waals surface area contributed by atoms with Crippen molar-refractivity contribution in [2.75, 3.05) is 6.61 Å². The van der Waals surface area contributed by atoms with Crippen LogP contribution in [0, 0.1) is 0 Å². The number of aliphatic hydroxyl groups excluding tert-OH is 4. The van der Waals surface area contributed by atoms with Crippen molar-refractivity contribution in [3.63, 3.8) is 0 Å². The molecule has 7 nitrogen and oxygen atoms in total. The van der Waals surface area contributed by atoms with Crippen molar-refractivity contribution in [3.8, 4) is 0 Å². The van der Waals surface area contributed by atoms with Gasteiger partial charge in [0, 0.05) is 6.42 Å². The van der Waals surface area contributed by atoms with Crippen molar-refractivity contribution in [1.82, 2.24) is 0 Å². The Labute approximate surface area is 149 Å². The molecule has 0 spiro atoms. The number of hydrogen-bond acceptors (Lipinski definition) is 7. The third-order valence-electron chi connectivity index (χ3n) is 4.87. The lowest BCUT2D eigenvalue weighted by molar-refractivity contribution is -0.331. The molecular formula is C18H34O7. The molecule has 0 aromatic rings. The van der Waals surface area contributed by atoms with E-state index in [0.717, 1.165) is 19.3 Å². The Balaban J connectivity index is 2.33. The predicted molar refractivity (Wildman–Crippen MR) is 91.8 cm³/mol. The summed E-state index contributed by atoms with van der Waals surface area (Å²) in [5.74, 6) is -3.33. The van der Waals surface area contributed by atoms with E-state index in [-0.39, 0.29) is 6.42 Å². The smallest absolute Gasteiger partial charge is 0.256 e. The molecule has 148 valence electrons. The first-order valence-corrected chi connectivity index (χ1v) is 9.47. The molecule has 1 fully saturated rings. The lowest BCUT2D eigenvalue weighted by Crippen LogP contribution is -2.68. The minimum Gasteiger partial charge on any atom is -0.394 e. The second kappa shape index (κ2) is 11.2. The Morgan fingerprint density at radius 1 is 0.920 bits per heavy atom. The van der Waals surface area contributed by atoms with E-state index in [1.54, 1.807) is 0 Å². The molecule has 1 heterocycles. The minimum absolute atomic E-state index is 0.00432. The molecule has 1 aliphatic heterocycles. The highest BCUT2D eigenvalue weighted by atomic mass is 16.7. The summed E-state index contributed by atoms with van der Waals surface area (Å²) < 4.78 is 5.01. The summed E-state index contributed by atoms with van der Waals surface area (Å²) in [6, 6.07) is 0. The Bertz CT molecular complexity index is 388. The van der Waals surface area contributed by atoms with E-state index in [0.29, 0.717) is 6.42 Å². The third kappa shape index (κ3) is 6.27. The van der Waals surface area contributed by atoms with Crippen molar-refractivity contribution < 1.29 is 35.1 Å². The van der Waals surface area contributed by atoms with Gasteiger partial charge in [0.2, 0.25) is 0 Å². The van der Waals surface area contributed by atoms with Crippen LogP contribution in [0.3, 0.4) is 0 Å². The highest BCUT2D eigenvalue weighted by Crippen LogP contribution is 2.30. The molecule has 0 aliphatic carbocycles. The molecule has 0 amide bonds. The summed E-state index contributed by atoms with van der Waals surface area (Å²) in [5, 5.41) is 48.8.